The minimum absolute atomic E-state index is 0.170. The fourth-order valence-electron chi connectivity index (χ4n) is 2.41. The second-order valence-corrected chi connectivity index (χ2v) is 5.82. The van der Waals surface area contributed by atoms with Crippen molar-refractivity contribution in [3.8, 4) is 11.3 Å². The molecule has 2 aromatic heterocycles. The highest BCUT2D eigenvalue weighted by molar-refractivity contribution is 5.93. The minimum atomic E-state index is -0.552. The van der Waals surface area contributed by atoms with Crippen LogP contribution in [-0.4, -0.2) is 32.3 Å². The fraction of sp³-hybridized carbons (Fsp3) is 0.235. The predicted octanol–water partition coefficient (Wildman–Crippen LogP) is 2.49. The first-order valence-electron chi connectivity index (χ1n) is 7.95. The lowest BCUT2D eigenvalue weighted by Gasteiger charge is -2.02. The van der Waals surface area contributed by atoms with Crippen LogP contribution in [0.25, 0.3) is 11.3 Å². The molecule has 3 rings (SSSR count). The fourth-order valence-corrected chi connectivity index (χ4v) is 2.41. The summed E-state index contributed by atoms with van der Waals surface area (Å²) in [5.74, 6) is -0.0896. The molecule has 0 spiro atoms. The molecule has 134 valence electrons. The number of nitrogens with zero attached hydrogens (tertiary/aromatic N) is 4. The number of aryl methyl sites for hydroxylation is 2. The topological polar surface area (TPSA) is 116 Å². The zero-order valence-electron chi connectivity index (χ0n) is 14.3. The number of nitrogens with one attached hydrogen (secondary N) is 1. The van der Waals surface area contributed by atoms with Crippen molar-refractivity contribution >= 4 is 11.7 Å². The molecule has 0 aliphatic rings. The molecule has 0 aliphatic heterocycles. The molecular formula is C17H17N5O4. The molecule has 26 heavy (non-hydrogen) atoms. The number of aromatic nitrogens is 3. The summed E-state index contributed by atoms with van der Waals surface area (Å²) in [6.07, 6.45) is 0. The van der Waals surface area contributed by atoms with Crippen molar-refractivity contribution in [2.24, 2.45) is 0 Å². The third kappa shape index (κ3) is 3.77. The van der Waals surface area contributed by atoms with Gasteiger partial charge in [-0.1, -0.05) is 35.0 Å². The van der Waals surface area contributed by atoms with E-state index >= 15 is 0 Å². The maximum atomic E-state index is 12.2. The number of hydrogen-bond donors (Lipinski definition) is 1. The van der Waals surface area contributed by atoms with E-state index in [1.54, 1.807) is 13.0 Å². The minimum Gasteiger partial charge on any atom is -0.358 e. The molecule has 0 atom stereocenters. The average molecular weight is 355 g/mol. The van der Waals surface area contributed by atoms with Crippen molar-refractivity contribution in [1.82, 2.24) is 20.3 Å². The Morgan fingerprint density at radius 2 is 2.00 bits per heavy atom. The van der Waals surface area contributed by atoms with Crippen LogP contribution in [0.1, 0.15) is 21.7 Å². The summed E-state index contributed by atoms with van der Waals surface area (Å²) in [5, 5.41) is 21.1. The van der Waals surface area contributed by atoms with Gasteiger partial charge in [0.15, 0.2) is 11.5 Å². The summed E-state index contributed by atoms with van der Waals surface area (Å²) in [7, 11) is 0. The van der Waals surface area contributed by atoms with Crippen molar-refractivity contribution in [3.63, 3.8) is 0 Å². The van der Waals surface area contributed by atoms with Crippen LogP contribution >= 0.6 is 0 Å². The number of benzene rings is 1. The molecule has 1 amide bonds. The van der Waals surface area contributed by atoms with Crippen LogP contribution in [0.2, 0.25) is 0 Å². The number of carbonyl (C=O) groups is 1. The van der Waals surface area contributed by atoms with E-state index in [4.69, 9.17) is 4.52 Å². The second kappa shape index (κ2) is 7.18. The van der Waals surface area contributed by atoms with E-state index in [1.807, 2.05) is 31.2 Å². The number of amides is 1. The molecule has 0 fully saturated rings. The lowest BCUT2D eigenvalue weighted by molar-refractivity contribution is -0.389. The van der Waals surface area contributed by atoms with Crippen molar-refractivity contribution in [2.45, 2.75) is 20.4 Å². The normalized spacial score (nSPS) is 10.7. The summed E-state index contributed by atoms with van der Waals surface area (Å²) < 4.78 is 6.69. The predicted molar refractivity (Wildman–Crippen MR) is 92.6 cm³/mol. The number of carbonyl (C=O) groups excluding carboxylic acids is 1. The van der Waals surface area contributed by atoms with Gasteiger partial charge in [0.05, 0.1) is 23.4 Å². The van der Waals surface area contributed by atoms with Gasteiger partial charge in [0.2, 0.25) is 0 Å². The SMILES string of the molecule is Cc1ccc(-c2cc(C(=O)NCCn3nc([N+](=O)[O-])cc3C)no2)cc1. The van der Waals surface area contributed by atoms with Crippen LogP contribution in [-0.2, 0) is 6.54 Å². The molecule has 0 saturated carbocycles. The number of hydrogen-bond acceptors (Lipinski definition) is 6. The smallest absolute Gasteiger partial charge is 0.358 e. The molecule has 0 bridgehead atoms. The van der Waals surface area contributed by atoms with Gasteiger partial charge in [-0.05, 0) is 18.8 Å². The van der Waals surface area contributed by atoms with Gasteiger partial charge in [0.1, 0.15) is 0 Å². The Balaban J connectivity index is 1.59. The van der Waals surface area contributed by atoms with Crippen molar-refractivity contribution in [1.29, 1.82) is 0 Å². The Morgan fingerprint density at radius 3 is 2.65 bits per heavy atom. The van der Waals surface area contributed by atoms with Gasteiger partial charge in [-0.3, -0.25) is 4.79 Å². The zero-order valence-corrected chi connectivity index (χ0v) is 14.3. The number of nitro groups is 1. The molecule has 3 aromatic rings. The molecular weight excluding hydrogens is 338 g/mol. The van der Waals surface area contributed by atoms with Gasteiger partial charge in [0.25, 0.3) is 5.91 Å². The Kier molecular flexibility index (Phi) is 4.78. The van der Waals surface area contributed by atoms with Crippen LogP contribution in [0, 0.1) is 24.0 Å². The molecule has 1 aromatic carbocycles. The first-order chi connectivity index (χ1) is 12.4. The highest BCUT2D eigenvalue weighted by Crippen LogP contribution is 2.20. The van der Waals surface area contributed by atoms with Crippen LogP contribution in [0.15, 0.2) is 40.9 Å². The van der Waals surface area contributed by atoms with Crippen LogP contribution in [0.5, 0.6) is 0 Å². The van der Waals surface area contributed by atoms with Gasteiger partial charge in [0, 0.05) is 18.2 Å². The van der Waals surface area contributed by atoms with Crippen LogP contribution in [0.4, 0.5) is 5.82 Å². The average Bonchev–Trinajstić information content (AvgIpc) is 3.23. The lowest BCUT2D eigenvalue weighted by Crippen LogP contribution is -2.28. The maximum absolute atomic E-state index is 12.2. The van der Waals surface area contributed by atoms with E-state index in [-0.39, 0.29) is 24.0 Å². The molecule has 0 radical (unpaired) electrons. The van der Waals surface area contributed by atoms with E-state index in [0.29, 0.717) is 18.0 Å². The van der Waals surface area contributed by atoms with E-state index in [0.717, 1.165) is 11.1 Å². The summed E-state index contributed by atoms with van der Waals surface area (Å²) in [5.41, 5.74) is 2.78. The Morgan fingerprint density at radius 1 is 1.27 bits per heavy atom. The molecule has 1 N–H and O–H groups in total. The molecule has 0 saturated heterocycles. The van der Waals surface area contributed by atoms with E-state index in [2.05, 4.69) is 15.6 Å². The van der Waals surface area contributed by atoms with E-state index in [1.165, 1.54) is 10.7 Å². The van der Waals surface area contributed by atoms with Crippen molar-refractivity contribution in [2.75, 3.05) is 6.54 Å². The maximum Gasteiger partial charge on any atom is 0.390 e. The van der Waals surface area contributed by atoms with Gasteiger partial charge < -0.3 is 20.0 Å². The molecule has 2 heterocycles. The Hall–Kier alpha value is -3.49. The Labute approximate surface area is 148 Å². The van der Waals surface area contributed by atoms with Crippen LogP contribution < -0.4 is 5.32 Å². The highest BCUT2D eigenvalue weighted by Gasteiger charge is 2.16. The molecule has 9 heteroatoms. The first kappa shape index (κ1) is 17.3. The standard InChI is InChI=1S/C17H17N5O4/c1-11-3-5-13(6-4-11)15-10-14(20-26-15)17(23)18-7-8-21-12(2)9-16(19-21)22(24)25/h3-6,9-10H,7-8H2,1-2H3,(H,18,23). The van der Waals surface area contributed by atoms with Gasteiger partial charge in [-0.15, -0.1) is 0 Å². The molecule has 9 nitrogen and oxygen atoms in total. The lowest BCUT2D eigenvalue weighted by atomic mass is 10.1. The monoisotopic (exact) mass is 355 g/mol. The van der Waals surface area contributed by atoms with Crippen LogP contribution in [0.3, 0.4) is 0 Å². The largest absolute Gasteiger partial charge is 0.390 e. The number of rotatable bonds is 6. The highest BCUT2D eigenvalue weighted by atomic mass is 16.6. The quantitative estimate of drug-likeness (QED) is 0.536. The summed E-state index contributed by atoms with van der Waals surface area (Å²) in [6.45, 7) is 4.27. The third-order valence-corrected chi connectivity index (χ3v) is 3.84. The molecule has 0 unspecified atom stereocenters. The third-order valence-electron chi connectivity index (χ3n) is 3.84. The molecule has 0 aliphatic carbocycles. The first-order valence-corrected chi connectivity index (χ1v) is 7.95. The van der Waals surface area contributed by atoms with Gasteiger partial charge in [-0.2, -0.15) is 4.68 Å². The van der Waals surface area contributed by atoms with Gasteiger partial charge >= 0.3 is 5.82 Å². The van der Waals surface area contributed by atoms with Crippen molar-refractivity contribution < 1.29 is 14.2 Å². The van der Waals surface area contributed by atoms with E-state index < -0.39 is 4.92 Å². The Bertz CT molecular complexity index is 942. The van der Waals surface area contributed by atoms with E-state index in [9.17, 15) is 14.9 Å². The summed E-state index contributed by atoms with van der Waals surface area (Å²) in [6, 6.07) is 10.6. The second-order valence-electron chi connectivity index (χ2n) is 5.82. The van der Waals surface area contributed by atoms with Gasteiger partial charge in [-0.25, -0.2) is 0 Å². The summed E-state index contributed by atoms with van der Waals surface area (Å²) >= 11 is 0. The summed E-state index contributed by atoms with van der Waals surface area (Å²) in [4.78, 5) is 22.3. The van der Waals surface area contributed by atoms with Crippen molar-refractivity contribution in [3.05, 3.63) is 63.5 Å². The zero-order chi connectivity index (χ0) is 18.7.